The van der Waals surface area contributed by atoms with Crippen LogP contribution in [-0.4, -0.2) is 40.7 Å². The number of nitrogens with one attached hydrogen (secondary N) is 1. The van der Waals surface area contributed by atoms with Crippen LogP contribution in [0.25, 0.3) is 28.1 Å². The highest BCUT2D eigenvalue weighted by molar-refractivity contribution is 6.03. The van der Waals surface area contributed by atoms with Crippen molar-refractivity contribution in [1.29, 1.82) is 0 Å². The molecule has 4 rings (SSSR count). The van der Waals surface area contributed by atoms with E-state index in [4.69, 9.17) is 14.5 Å². The summed E-state index contributed by atoms with van der Waals surface area (Å²) in [6, 6.07) is 10.5. The molecule has 0 radical (unpaired) electrons. The molecule has 1 N–H and O–H groups in total. The standard InChI is InChI=1S/C32H39F3N4O2/c1-4-6-8-10-14-40-25-12-13-26(30(19-25)41-15-11-9-7-5-2)23-17-27(24-16-22(3)36-21-24)37-28(18-23)29-20-31(39-38-29)32(33,34)35/h12-13,16-20H,4-11,14-15,21H2,1-3H3,(H,38,39). The van der Waals surface area contributed by atoms with Crippen LogP contribution in [0, 0.1) is 0 Å². The third kappa shape index (κ3) is 8.44. The fraction of sp³-hybridized carbons (Fsp3) is 0.469. The number of nitrogens with zero attached hydrogens (tertiary/aromatic N) is 3. The van der Waals surface area contributed by atoms with E-state index in [1.807, 2.05) is 37.3 Å². The molecule has 0 spiro atoms. The predicted octanol–water partition coefficient (Wildman–Crippen LogP) is 8.93. The van der Waals surface area contributed by atoms with Crippen LogP contribution >= 0.6 is 0 Å². The van der Waals surface area contributed by atoms with Crippen molar-refractivity contribution in [1.82, 2.24) is 15.2 Å². The van der Waals surface area contributed by atoms with Gasteiger partial charge in [0.25, 0.3) is 0 Å². The lowest BCUT2D eigenvalue weighted by atomic mass is 10.00. The van der Waals surface area contributed by atoms with Crippen LogP contribution in [0.4, 0.5) is 13.2 Å². The summed E-state index contributed by atoms with van der Waals surface area (Å²) >= 11 is 0. The van der Waals surface area contributed by atoms with Gasteiger partial charge >= 0.3 is 6.18 Å². The van der Waals surface area contributed by atoms with Crippen molar-refractivity contribution in [3.63, 3.8) is 0 Å². The number of alkyl halides is 3. The molecule has 0 atom stereocenters. The smallest absolute Gasteiger partial charge is 0.432 e. The molecule has 3 heterocycles. The van der Waals surface area contributed by atoms with Gasteiger partial charge in [-0.2, -0.15) is 18.3 Å². The molecular weight excluding hydrogens is 529 g/mol. The molecule has 3 aromatic rings. The molecule has 2 aromatic heterocycles. The van der Waals surface area contributed by atoms with Gasteiger partial charge in [0.1, 0.15) is 22.9 Å². The van der Waals surface area contributed by atoms with Crippen LogP contribution < -0.4 is 9.47 Å². The van der Waals surface area contributed by atoms with E-state index in [0.717, 1.165) is 72.8 Å². The molecular formula is C32H39F3N4O2. The van der Waals surface area contributed by atoms with E-state index in [1.165, 1.54) is 12.8 Å². The van der Waals surface area contributed by atoms with Crippen LogP contribution in [0.3, 0.4) is 0 Å². The second-order valence-corrected chi connectivity index (χ2v) is 10.4. The molecule has 220 valence electrons. The van der Waals surface area contributed by atoms with Crippen molar-refractivity contribution in [3.05, 3.63) is 53.9 Å². The number of benzene rings is 1. The molecule has 41 heavy (non-hydrogen) atoms. The zero-order chi connectivity index (χ0) is 29.2. The Balaban J connectivity index is 1.70. The van der Waals surface area contributed by atoms with Crippen molar-refractivity contribution in [2.75, 3.05) is 19.8 Å². The zero-order valence-corrected chi connectivity index (χ0v) is 24.1. The Morgan fingerprint density at radius 1 is 0.829 bits per heavy atom. The number of aromatic amines is 1. The molecule has 9 heteroatoms. The van der Waals surface area contributed by atoms with E-state index in [0.29, 0.717) is 36.9 Å². The first-order valence-electron chi connectivity index (χ1n) is 14.6. The Morgan fingerprint density at radius 3 is 2.17 bits per heavy atom. The number of unbranched alkanes of at least 4 members (excludes halogenated alkanes) is 6. The quantitative estimate of drug-likeness (QED) is 0.186. The van der Waals surface area contributed by atoms with Crippen LogP contribution in [0.2, 0.25) is 0 Å². The van der Waals surface area contributed by atoms with Crippen molar-refractivity contribution < 1.29 is 22.6 Å². The number of aliphatic imine (C=N–C) groups is 1. The van der Waals surface area contributed by atoms with Crippen molar-refractivity contribution in [2.24, 2.45) is 4.99 Å². The van der Waals surface area contributed by atoms with Gasteiger partial charge < -0.3 is 9.47 Å². The van der Waals surface area contributed by atoms with Crippen LogP contribution in [0.1, 0.15) is 83.5 Å². The van der Waals surface area contributed by atoms with Crippen LogP contribution in [0.15, 0.2) is 47.5 Å². The number of rotatable bonds is 15. The van der Waals surface area contributed by atoms with Crippen molar-refractivity contribution in [3.8, 4) is 34.0 Å². The zero-order valence-electron chi connectivity index (χ0n) is 24.1. The third-order valence-corrected chi connectivity index (χ3v) is 6.97. The fourth-order valence-corrected chi connectivity index (χ4v) is 4.67. The summed E-state index contributed by atoms with van der Waals surface area (Å²) in [5.41, 5.74) is 3.52. The van der Waals surface area contributed by atoms with Crippen molar-refractivity contribution >= 4 is 11.3 Å². The van der Waals surface area contributed by atoms with Gasteiger partial charge in [0, 0.05) is 22.9 Å². The third-order valence-electron chi connectivity index (χ3n) is 6.97. The second-order valence-electron chi connectivity index (χ2n) is 10.4. The maximum absolute atomic E-state index is 13.3. The van der Waals surface area contributed by atoms with E-state index in [2.05, 4.69) is 29.0 Å². The molecule has 0 fully saturated rings. The van der Waals surface area contributed by atoms with Gasteiger partial charge in [-0.1, -0.05) is 52.4 Å². The molecule has 1 aliphatic rings. The Bertz CT molecular complexity index is 1360. The van der Waals surface area contributed by atoms with E-state index in [-0.39, 0.29) is 5.69 Å². The molecule has 0 bridgehead atoms. The lowest BCUT2D eigenvalue weighted by molar-refractivity contribution is -0.141. The summed E-state index contributed by atoms with van der Waals surface area (Å²) in [6.07, 6.45) is 6.17. The molecule has 0 aliphatic carbocycles. The lowest BCUT2D eigenvalue weighted by Gasteiger charge is -2.16. The van der Waals surface area contributed by atoms with E-state index in [1.54, 1.807) is 6.07 Å². The number of ether oxygens (including phenoxy) is 2. The van der Waals surface area contributed by atoms with Gasteiger partial charge in [-0.3, -0.25) is 10.1 Å². The summed E-state index contributed by atoms with van der Waals surface area (Å²) in [5.74, 6) is 1.40. The van der Waals surface area contributed by atoms with Crippen LogP contribution in [0.5, 0.6) is 11.5 Å². The maximum Gasteiger partial charge on any atom is 0.432 e. The SMILES string of the molecule is CCCCCCOc1ccc(-c2cc(C3=CC(C)=NC3)nc(-c3cc(C(F)(F)F)[nH]n3)c2)c(OCCCCCC)c1. The Kier molecular flexibility index (Phi) is 10.6. The second kappa shape index (κ2) is 14.3. The number of hydrogen-bond acceptors (Lipinski definition) is 5. The number of allylic oxidation sites excluding steroid dienone is 1. The Morgan fingerprint density at radius 2 is 1.54 bits per heavy atom. The summed E-state index contributed by atoms with van der Waals surface area (Å²) in [4.78, 5) is 9.14. The molecule has 0 saturated heterocycles. The normalized spacial score (nSPS) is 13.3. The maximum atomic E-state index is 13.3. The first-order valence-corrected chi connectivity index (χ1v) is 14.6. The molecule has 1 aromatic carbocycles. The van der Waals surface area contributed by atoms with E-state index < -0.39 is 11.9 Å². The van der Waals surface area contributed by atoms with Crippen LogP contribution in [-0.2, 0) is 6.18 Å². The van der Waals surface area contributed by atoms with Gasteiger partial charge in [0.2, 0.25) is 0 Å². The molecule has 1 aliphatic heterocycles. The number of pyridine rings is 1. The molecule has 0 amide bonds. The number of hydrogen-bond donors (Lipinski definition) is 1. The number of H-pyrrole nitrogens is 1. The van der Waals surface area contributed by atoms with Gasteiger partial charge in [-0.25, -0.2) is 4.98 Å². The number of aromatic nitrogens is 3. The van der Waals surface area contributed by atoms with Gasteiger partial charge in [0.05, 0.1) is 31.1 Å². The predicted molar refractivity (Wildman–Crippen MR) is 157 cm³/mol. The topological polar surface area (TPSA) is 72.4 Å². The van der Waals surface area contributed by atoms with E-state index >= 15 is 0 Å². The average molecular weight is 569 g/mol. The molecule has 0 unspecified atom stereocenters. The van der Waals surface area contributed by atoms with Gasteiger partial charge in [0.15, 0.2) is 0 Å². The minimum absolute atomic E-state index is 0.116. The number of halogens is 3. The highest BCUT2D eigenvalue weighted by Gasteiger charge is 2.33. The molecule has 6 nitrogen and oxygen atoms in total. The van der Waals surface area contributed by atoms with E-state index in [9.17, 15) is 13.2 Å². The first kappa shape index (κ1) is 30.3. The molecule has 0 saturated carbocycles. The highest BCUT2D eigenvalue weighted by atomic mass is 19.4. The summed E-state index contributed by atoms with van der Waals surface area (Å²) in [7, 11) is 0. The summed E-state index contributed by atoms with van der Waals surface area (Å²) < 4.78 is 52.3. The van der Waals surface area contributed by atoms with Crippen molar-refractivity contribution in [2.45, 2.75) is 78.3 Å². The van der Waals surface area contributed by atoms with Gasteiger partial charge in [-0.15, -0.1) is 0 Å². The first-order chi connectivity index (χ1) is 19.8. The monoisotopic (exact) mass is 568 g/mol. The minimum Gasteiger partial charge on any atom is -0.493 e. The fourth-order valence-electron chi connectivity index (χ4n) is 4.67. The highest BCUT2D eigenvalue weighted by Crippen LogP contribution is 2.38. The lowest BCUT2D eigenvalue weighted by Crippen LogP contribution is -2.04. The average Bonchev–Trinajstić information content (AvgIpc) is 3.63. The Hall–Kier alpha value is -3.62. The largest absolute Gasteiger partial charge is 0.493 e. The summed E-state index contributed by atoms with van der Waals surface area (Å²) in [6.45, 7) is 7.91. The Labute approximate surface area is 240 Å². The minimum atomic E-state index is -4.53. The van der Waals surface area contributed by atoms with Gasteiger partial charge in [-0.05, 0) is 61.7 Å². The summed E-state index contributed by atoms with van der Waals surface area (Å²) in [5, 5.41) is 6.03.